The highest BCUT2D eigenvalue weighted by Crippen LogP contribution is 2.29. The van der Waals surface area contributed by atoms with Crippen LogP contribution in [0, 0.1) is 0 Å². The van der Waals surface area contributed by atoms with Gasteiger partial charge in [-0.2, -0.15) is 19.6 Å². The number of anilines is 2. The molecule has 2 fully saturated rings. The average molecular weight is 455 g/mol. The van der Waals surface area contributed by atoms with Crippen LogP contribution < -0.4 is 10.2 Å². The van der Waals surface area contributed by atoms with Crippen LogP contribution in [0.3, 0.4) is 0 Å². The first-order chi connectivity index (χ1) is 14.2. The molecule has 148 valence electrons. The second kappa shape index (κ2) is 6.67. The van der Waals surface area contributed by atoms with Crippen LogP contribution in [0.5, 0.6) is 0 Å². The number of aromatic amines is 1. The smallest absolute Gasteiger partial charge is 0.230 e. The minimum atomic E-state index is 0.272. The van der Waals surface area contributed by atoms with Crippen LogP contribution in [0.4, 0.5) is 11.9 Å². The van der Waals surface area contributed by atoms with Crippen molar-refractivity contribution in [3.8, 4) is 0 Å². The minimum absolute atomic E-state index is 0.272. The van der Waals surface area contributed by atoms with E-state index in [1.54, 1.807) is 10.7 Å². The number of H-pyrrole nitrogens is 1. The van der Waals surface area contributed by atoms with Crippen LogP contribution in [0.15, 0.2) is 34.9 Å². The summed E-state index contributed by atoms with van der Waals surface area (Å²) in [6, 6.07) is 7.99. The molecule has 2 aliphatic heterocycles. The lowest BCUT2D eigenvalue weighted by molar-refractivity contribution is 0.0299. The molecule has 4 aromatic rings. The zero-order chi connectivity index (χ0) is 19.4. The molecule has 0 saturated carbocycles. The summed E-state index contributed by atoms with van der Waals surface area (Å²) in [5, 5.41) is 7.78. The first-order valence-corrected chi connectivity index (χ1v) is 10.5. The van der Waals surface area contributed by atoms with Gasteiger partial charge in [-0.05, 0) is 40.9 Å². The van der Waals surface area contributed by atoms with Crippen molar-refractivity contribution >= 4 is 44.5 Å². The molecule has 10 heteroatoms. The van der Waals surface area contributed by atoms with E-state index in [-0.39, 0.29) is 12.2 Å². The maximum atomic E-state index is 5.96. The molecule has 3 aromatic heterocycles. The van der Waals surface area contributed by atoms with Crippen LogP contribution in [-0.4, -0.2) is 54.8 Å². The third kappa shape index (κ3) is 3.03. The maximum Gasteiger partial charge on any atom is 0.230 e. The van der Waals surface area contributed by atoms with Gasteiger partial charge in [0.05, 0.1) is 40.5 Å². The second-order valence-electron chi connectivity index (χ2n) is 7.49. The first-order valence-electron chi connectivity index (χ1n) is 9.72. The second-order valence-corrected chi connectivity index (χ2v) is 8.35. The van der Waals surface area contributed by atoms with Crippen molar-refractivity contribution in [1.29, 1.82) is 0 Å². The van der Waals surface area contributed by atoms with Crippen molar-refractivity contribution < 1.29 is 4.74 Å². The summed E-state index contributed by atoms with van der Waals surface area (Å²) in [7, 11) is 0. The fourth-order valence-corrected chi connectivity index (χ4v) is 4.47. The number of rotatable bonds is 4. The van der Waals surface area contributed by atoms with Gasteiger partial charge in [0.2, 0.25) is 11.9 Å². The van der Waals surface area contributed by atoms with Gasteiger partial charge in [0.1, 0.15) is 5.82 Å². The SMILES string of the molecule is Brc1cnn2c(NCc3nc4ccccc4[nH]3)nc(N3CC4CCC(C3)O4)nc12. The van der Waals surface area contributed by atoms with E-state index in [4.69, 9.17) is 14.7 Å². The Morgan fingerprint density at radius 3 is 2.79 bits per heavy atom. The molecule has 2 aliphatic rings. The third-order valence-electron chi connectivity index (χ3n) is 5.49. The minimum Gasteiger partial charge on any atom is -0.371 e. The molecular weight excluding hydrogens is 436 g/mol. The fraction of sp³-hybridized carbons (Fsp3) is 0.368. The van der Waals surface area contributed by atoms with Gasteiger partial charge in [0.25, 0.3) is 0 Å². The molecule has 2 saturated heterocycles. The van der Waals surface area contributed by atoms with Crippen molar-refractivity contribution in [3.05, 3.63) is 40.8 Å². The van der Waals surface area contributed by atoms with Crippen molar-refractivity contribution in [2.24, 2.45) is 0 Å². The number of morpholine rings is 1. The van der Waals surface area contributed by atoms with E-state index in [1.165, 1.54) is 0 Å². The topological polar surface area (TPSA) is 96.3 Å². The molecule has 9 nitrogen and oxygen atoms in total. The molecule has 2 unspecified atom stereocenters. The number of nitrogens with zero attached hydrogens (tertiary/aromatic N) is 6. The Morgan fingerprint density at radius 1 is 1.14 bits per heavy atom. The van der Waals surface area contributed by atoms with E-state index < -0.39 is 0 Å². The summed E-state index contributed by atoms with van der Waals surface area (Å²) < 4.78 is 8.51. The van der Waals surface area contributed by atoms with E-state index in [2.05, 4.69) is 41.2 Å². The predicted octanol–water partition coefficient (Wildman–Crippen LogP) is 2.74. The molecular formula is C19H19BrN8O. The van der Waals surface area contributed by atoms with Crippen LogP contribution >= 0.6 is 15.9 Å². The Balaban J connectivity index is 1.33. The van der Waals surface area contributed by atoms with E-state index in [9.17, 15) is 0 Å². The number of para-hydroxylation sites is 2. The lowest BCUT2D eigenvalue weighted by atomic mass is 10.2. The summed E-state index contributed by atoms with van der Waals surface area (Å²) >= 11 is 3.55. The summed E-state index contributed by atoms with van der Waals surface area (Å²) in [5.41, 5.74) is 2.70. The highest BCUT2D eigenvalue weighted by molar-refractivity contribution is 9.10. The average Bonchev–Trinajstić information content (AvgIpc) is 3.42. The van der Waals surface area contributed by atoms with E-state index >= 15 is 0 Å². The Kier molecular flexibility index (Phi) is 3.95. The molecule has 0 aliphatic carbocycles. The van der Waals surface area contributed by atoms with Crippen molar-refractivity contribution in [2.75, 3.05) is 23.3 Å². The fourth-order valence-electron chi connectivity index (χ4n) is 4.13. The van der Waals surface area contributed by atoms with Gasteiger partial charge in [-0.3, -0.25) is 0 Å². The summed E-state index contributed by atoms with van der Waals surface area (Å²) in [6.07, 6.45) is 4.50. The number of nitrogens with one attached hydrogen (secondary N) is 2. The number of hydrogen-bond donors (Lipinski definition) is 2. The van der Waals surface area contributed by atoms with E-state index in [0.717, 1.165) is 52.9 Å². The van der Waals surface area contributed by atoms with Gasteiger partial charge < -0.3 is 19.9 Å². The molecule has 6 rings (SSSR count). The molecule has 2 atom stereocenters. The molecule has 2 bridgehead atoms. The number of hydrogen-bond acceptors (Lipinski definition) is 7. The zero-order valence-corrected chi connectivity index (χ0v) is 17.1. The predicted molar refractivity (Wildman–Crippen MR) is 112 cm³/mol. The van der Waals surface area contributed by atoms with Gasteiger partial charge in [0.15, 0.2) is 5.65 Å². The highest BCUT2D eigenvalue weighted by Gasteiger charge is 2.35. The lowest BCUT2D eigenvalue weighted by Gasteiger charge is -2.32. The Bertz CT molecular complexity index is 1160. The monoisotopic (exact) mass is 454 g/mol. The molecule has 0 amide bonds. The molecule has 29 heavy (non-hydrogen) atoms. The molecule has 0 radical (unpaired) electrons. The standard InChI is InChI=1S/C19H19BrN8O/c20-13-7-22-28-17(13)25-19(27-9-11-5-6-12(10-27)29-11)26-18(28)21-8-16-23-14-3-1-2-4-15(14)24-16/h1-4,7,11-12H,5-6,8-10H2,(H,23,24)(H,21,25,26). The lowest BCUT2D eigenvalue weighted by Crippen LogP contribution is -2.43. The number of fused-ring (bicyclic) bond motifs is 4. The van der Waals surface area contributed by atoms with Gasteiger partial charge >= 0.3 is 0 Å². The molecule has 0 spiro atoms. The summed E-state index contributed by atoms with van der Waals surface area (Å²) in [4.78, 5) is 19.7. The van der Waals surface area contributed by atoms with Crippen LogP contribution in [0.25, 0.3) is 16.7 Å². The highest BCUT2D eigenvalue weighted by atomic mass is 79.9. The first kappa shape index (κ1) is 17.2. The summed E-state index contributed by atoms with van der Waals surface area (Å²) in [5.74, 6) is 2.18. The molecule has 5 heterocycles. The Labute approximate surface area is 174 Å². The van der Waals surface area contributed by atoms with Crippen LogP contribution in [-0.2, 0) is 11.3 Å². The number of ether oxygens (including phenoxy) is 1. The maximum absolute atomic E-state index is 5.96. The quantitative estimate of drug-likeness (QED) is 0.489. The number of benzene rings is 1. The molecule has 2 N–H and O–H groups in total. The van der Waals surface area contributed by atoms with Gasteiger partial charge in [-0.1, -0.05) is 12.1 Å². The van der Waals surface area contributed by atoms with Gasteiger partial charge in [-0.15, -0.1) is 0 Å². The van der Waals surface area contributed by atoms with Crippen LogP contribution in [0.1, 0.15) is 18.7 Å². The third-order valence-corrected chi connectivity index (χ3v) is 6.05. The normalized spacial score (nSPS) is 21.3. The summed E-state index contributed by atoms with van der Waals surface area (Å²) in [6.45, 7) is 2.15. The van der Waals surface area contributed by atoms with Crippen molar-refractivity contribution in [2.45, 2.75) is 31.6 Å². The molecule has 1 aromatic carbocycles. The zero-order valence-electron chi connectivity index (χ0n) is 15.5. The van der Waals surface area contributed by atoms with E-state index in [0.29, 0.717) is 18.4 Å². The van der Waals surface area contributed by atoms with Gasteiger partial charge in [-0.25, -0.2) is 4.98 Å². The van der Waals surface area contributed by atoms with Gasteiger partial charge in [0, 0.05) is 13.1 Å². The van der Waals surface area contributed by atoms with Crippen molar-refractivity contribution in [1.82, 2.24) is 29.5 Å². The number of aromatic nitrogens is 6. The number of imidazole rings is 1. The largest absolute Gasteiger partial charge is 0.371 e. The Hall–Kier alpha value is -2.72. The Morgan fingerprint density at radius 2 is 1.97 bits per heavy atom. The van der Waals surface area contributed by atoms with E-state index in [1.807, 2.05) is 24.3 Å². The van der Waals surface area contributed by atoms with Crippen molar-refractivity contribution in [3.63, 3.8) is 0 Å². The van der Waals surface area contributed by atoms with Crippen LogP contribution in [0.2, 0.25) is 0 Å². The number of halogens is 1.